The van der Waals surface area contributed by atoms with Crippen LogP contribution in [0, 0.1) is 5.82 Å². The van der Waals surface area contributed by atoms with Crippen molar-refractivity contribution in [2.75, 3.05) is 18.4 Å². The minimum atomic E-state index is -0.379. The smallest absolute Gasteiger partial charge is 0.141 e. The number of hydrogen-bond donors (Lipinski definition) is 2. The maximum absolute atomic E-state index is 12.9. The summed E-state index contributed by atoms with van der Waals surface area (Å²) in [5, 5.41) is 3.37. The molecule has 0 saturated carbocycles. The van der Waals surface area contributed by atoms with Crippen molar-refractivity contribution >= 4 is 17.3 Å². The van der Waals surface area contributed by atoms with E-state index in [0.29, 0.717) is 0 Å². The minimum absolute atomic E-state index is 0.160. The molecule has 0 unspecified atom stereocenters. The third-order valence-corrected chi connectivity index (χ3v) is 2.67. The Bertz CT molecular complexity index is 318. The van der Waals surface area contributed by atoms with Crippen LogP contribution in [0.5, 0.6) is 0 Å². The lowest BCUT2D eigenvalue weighted by atomic mass is 10.2. The Hall–Kier alpha value is -0.800. The highest BCUT2D eigenvalue weighted by Crippen LogP contribution is 2.19. The molecule has 0 aliphatic rings. The summed E-state index contributed by atoms with van der Waals surface area (Å²) >= 11 is 5.67. The monoisotopic (exact) mass is 244 g/mol. The number of unbranched alkanes of at least 4 members (excludes halogenated alkanes) is 3. The number of hydrogen-bond acceptors (Lipinski definition) is 2. The second-order valence-corrected chi connectivity index (χ2v) is 4.17. The Morgan fingerprint density at radius 1 is 1.19 bits per heavy atom. The van der Waals surface area contributed by atoms with Crippen molar-refractivity contribution in [3.05, 3.63) is 29.0 Å². The van der Waals surface area contributed by atoms with Gasteiger partial charge in [-0.2, -0.15) is 0 Å². The van der Waals surface area contributed by atoms with Crippen LogP contribution in [0.25, 0.3) is 0 Å². The molecule has 0 amide bonds. The predicted molar refractivity (Wildman–Crippen MR) is 67.4 cm³/mol. The first-order valence-corrected chi connectivity index (χ1v) is 6.01. The molecule has 4 heteroatoms. The van der Waals surface area contributed by atoms with Crippen LogP contribution in [-0.2, 0) is 0 Å². The molecule has 0 heterocycles. The van der Waals surface area contributed by atoms with Crippen molar-refractivity contribution in [1.82, 2.24) is 0 Å². The number of nitrogens with one attached hydrogen (secondary N) is 1. The average Bonchev–Trinajstić information content (AvgIpc) is 2.28. The van der Waals surface area contributed by atoms with Gasteiger partial charge in [0.1, 0.15) is 5.82 Å². The van der Waals surface area contributed by atoms with Crippen LogP contribution < -0.4 is 11.1 Å². The molecule has 16 heavy (non-hydrogen) atoms. The molecule has 1 aromatic rings. The van der Waals surface area contributed by atoms with E-state index in [-0.39, 0.29) is 10.8 Å². The molecule has 0 aliphatic carbocycles. The largest absolute Gasteiger partial charge is 0.385 e. The number of nitrogens with two attached hydrogens (primary N) is 1. The van der Waals surface area contributed by atoms with Crippen molar-refractivity contribution in [3.63, 3.8) is 0 Å². The molecule has 0 spiro atoms. The first-order valence-electron chi connectivity index (χ1n) is 5.63. The Labute approximate surface area is 101 Å². The molecule has 0 aromatic heterocycles. The summed E-state index contributed by atoms with van der Waals surface area (Å²) in [5.74, 6) is -0.379. The zero-order valence-electron chi connectivity index (χ0n) is 9.31. The van der Waals surface area contributed by atoms with Crippen LogP contribution in [0.3, 0.4) is 0 Å². The molecule has 0 bridgehead atoms. The van der Waals surface area contributed by atoms with Crippen molar-refractivity contribution in [2.24, 2.45) is 5.73 Å². The van der Waals surface area contributed by atoms with Crippen molar-refractivity contribution < 1.29 is 4.39 Å². The average molecular weight is 245 g/mol. The third kappa shape index (κ3) is 4.81. The zero-order chi connectivity index (χ0) is 11.8. The highest BCUT2D eigenvalue weighted by Gasteiger charge is 1.99. The second kappa shape index (κ2) is 7.47. The van der Waals surface area contributed by atoms with E-state index in [2.05, 4.69) is 5.32 Å². The summed E-state index contributed by atoms with van der Waals surface area (Å²) in [6.45, 7) is 1.65. The van der Waals surface area contributed by atoms with Gasteiger partial charge in [0.15, 0.2) is 0 Å². The van der Waals surface area contributed by atoms with Gasteiger partial charge in [-0.1, -0.05) is 24.4 Å². The van der Waals surface area contributed by atoms with E-state index in [9.17, 15) is 4.39 Å². The summed E-state index contributed by atoms with van der Waals surface area (Å²) in [6, 6.07) is 4.68. The fourth-order valence-electron chi connectivity index (χ4n) is 1.46. The molecule has 2 nitrogen and oxygen atoms in total. The maximum Gasteiger partial charge on any atom is 0.141 e. The van der Waals surface area contributed by atoms with Gasteiger partial charge in [-0.15, -0.1) is 0 Å². The van der Waals surface area contributed by atoms with Gasteiger partial charge in [0.25, 0.3) is 0 Å². The molecule has 1 rings (SSSR count). The molecular weight excluding hydrogens is 227 g/mol. The summed E-state index contributed by atoms with van der Waals surface area (Å²) in [6.07, 6.45) is 4.51. The fraction of sp³-hybridized carbons (Fsp3) is 0.500. The Morgan fingerprint density at radius 3 is 2.62 bits per heavy atom. The Morgan fingerprint density at radius 2 is 1.94 bits per heavy atom. The Balaban J connectivity index is 2.19. The van der Waals surface area contributed by atoms with Crippen LogP contribution in [0.2, 0.25) is 5.02 Å². The molecule has 1 aromatic carbocycles. The first-order chi connectivity index (χ1) is 7.74. The van der Waals surface area contributed by atoms with Crippen molar-refractivity contribution in [3.8, 4) is 0 Å². The molecule has 0 radical (unpaired) electrons. The summed E-state index contributed by atoms with van der Waals surface area (Å²) in [5.41, 5.74) is 6.27. The topological polar surface area (TPSA) is 38.0 Å². The van der Waals surface area contributed by atoms with E-state index < -0.39 is 0 Å². The number of halogens is 2. The van der Waals surface area contributed by atoms with Gasteiger partial charge in [0.05, 0.1) is 5.02 Å². The van der Waals surface area contributed by atoms with Crippen LogP contribution in [0.4, 0.5) is 10.1 Å². The molecule has 0 saturated heterocycles. The Kier molecular flexibility index (Phi) is 6.19. The van der Waals surface area contributed by atoms with E-state index in [1.165, 1.54) is 18.9 Å². The van der Waals surface area contributed by atoms with E-state index >= 15 is 0 Å². The minimum Gasteiger partial charge on any atom is -0.385 e. The van der Waals surface area contributed by atoms with Crippen LogP contribution in [0.1, 0.15) is 25.7 Å². The molecule has 0 aliphatic heterocycles. The van der Waals surface area contributed by atoms with Crippen molar-refractivity contribution in [2.45, 2.75) is 25.7 Å². The van der Waals surface area contributed by atoms with E-state index in [4.69, 9.17) is 17.3 Å². The highest BCUT2D eigenvalue weighted by molar-refractivity contribution is 6.31. The molecule has 0 atom stereocenters. The van der Waals surface area contributed by atoms with Crippen LogP contribution >= 0.6 is 11.6 Å². The molecule has 3 N–H and O–H groups in total. The summed E-state index contributed by atoms with van der Waals surface area (Å²) in [7, 11) is 0. The number of rotatable bonds is 7. The standard InChI is InChI=1S/C12H18ClFN2/c13-11-9-10(5-6-12(11)14)16-8-4-2-1-3-7-15/h5-6,9,16H,1-4,7-8,15H2. The molecule has 90 valence electrons. The van der Waals surface area contributed by atoms with E-state index in [1.807, 2.05) is 0 Å². The summed E-state index contributed by atoms with van der Waals surface area (Å²) < 4.78 is 12.9. The van der Waals surface area contributed by atoms with Gasteiger partial charge < -0.3 is 11.1 Å². The SMILES string of the molecule is NCCCCCCNc1ccc(F)c(Cl)c1. The predicted octanol–water partition coefficient (Wildman–Crippen LogP) is 3.41. The van der Waals surface area contributed by atoms with Gasteiger partial charge in [-0.05, 0) is 37.6 Å². The van der Waals surface area contributed by atoms with Gasteiger partial charge in [0, 0.05) is 12.2 Å². The first kappa shape index (κ1) is 13.3. The lowest BCUT2D eigenvalue weighted by Gasteiger charge is -2.06. The normalized spacial score (nSPS) is 10.4. The van der Waals surface area contributed by atoms with Crippen molar-refractivity contribution in [1.29, 1.82) is 0 Å². The quantitative estimate of drug-likeness (QED) is 0.722. The lowest BCUT2D eigenvalue weighted by Crippen LogP contribution is -2.02. The van der Waals surface area contributed by atoms with E-state index in [1.54, 1.807) is 12.1 Å². The summed E-state index contributed by atoms with van der Waals surface area (Å²) in [4.78, 5) is 0. The van der Waals surface area contributed by atoms with Gasteiger partial charge in [0.2, 0.25) is 0 Å². The van der Waals surface area contributed by atoms with Crippen LogP contribution in [-0.4, -0.2) is 13.1 Å². The molecular formula is C12H18ClFN2. The zero-order valence-corrected chi connectivity index (χ0v) is 10.1. The van der Waals surface area contributed by atoms with Crippen LogP contribution in [0.15, 0.2) is 18.2 Å². The second-order valence-electron chi connectivity index (χ2n) is 3.76. The highest BCUT2D eigenvalue weighted by atomic mass is 35.5. The van der Waals surface area contributed by atoms with Gasteiger partial charge in [-0.25, -0.2) is 4.39 Å². The number of benzene rings is 1. The van der Waals surface area contributed by atoms with E-state index in [0.717, 1.165) is 31.6 Å². The third-order valence-electron chi connectivity index (χ3n) is 2.38. The molecule has 0 fully saturated rings. The van der Waals surface area contributed by atoms with Gasteiger partial charge in [-0.3, -0.25) is 0 Å². The number of anilines is 1. The lowest BCUT2D eigenvalue weighted by molar-refractivity contribution is 0.628. The maximum atomic E-state index is 12.9. The van der Waals surface area contributed by atoms with Gasteiger partial charge >= 0.3 is 0 Å². The fourth-order valence-corrected chi connectivity index (χ4v) is 1.64.